The van der Waals surface area contributed by atoms with Gasteiger partial charge in [-0.3, -0.25) is 4.79 Å². The van der Waals surface area contributed by atoms with Crippen LogP contribution >= 0.6 is 23.2 Å². The van der Waals surface area contributed by atoms with Crippen LogP contribution in [0.4, 0.5) is 0 Å². The van der Waals surface area contributed by atoms with Crippen LogP contribution in [0.5, 0.6) is 5.75 Å². The van der Waals surface area contributed by atoms with E-state index in [9.17, 15) is 13.2 Å². The number of nitrogens with one attached hydrogen (secondary N) is 2. The summed E-state index contributed by atoms with van der Waals surface area (Å²) in [6, 6.07) is 12.6. The average molecular weight is 417 g/mol. The Bertz CT molecular complexity index is 875. The average Bonchev–Trinajstić information content (AvgIpc) is 2.58. The van der Waals surface area contributed by atoms with Crippen molar-refractivity contribution >= 4 is 39.1 Å². The Morgan fingerprint density at radius 2 is 1.73 bits per heavy atom. The Morgan fingerprint density at radius 3 is 2.38 bits per heavy atom. The molecule has 0 bridgehead atoms. The largest absolute Gasteiger partial charge is 0.481 e. The van der Waals surface area contributed by atoms with E-state index in [4.69, 9.17) is 27.9 Å². The van der Waals surface area contributed by atoms with Crippen molar-refractivity contribution in [2.45, 2.75) is 17.9 Å². The Labute approximate surface area is 162 Å². The van der Waals surface area contributed by atoms with Gasteiger partial charge in [0.05, 0.1) is 4.90 Å². The molecule has 0 fully saturated rings. The lowest BCUT2D eigenvalue weighted by atomic mass is 10.3. The molecule has 0 radical (unpaired) electrons. The maximum Gasteiger partial charge on any atom is 0.260 e. The first-order chi connectivity index (χ1) is 12.3. The van der Waals surface area contributed by atoms with Crippen molar-refractivity contribution < 1.29 is 17.9 Å². The van der Waals surface area contributed by atoms with Crippen molar-refractivity contribution in [3.05, 3.63) is 58.6 Å². The summed E-state index contributed by atoms with van der Waals surface area (Å²) in [6.07, 6.45) is -0.752. The maximum absolute atomic E-state index is 12.1. The molecular weight excluding hydrogens is 399 g/mol. The zero-order valence-corrected chi connectivity index (χ0v) is 16.2. The predicted octanol–water partition coefficient (Wildman–Crippen LogP) is 2.86. The summed E-state index contributed by atoms with van der Waals surface area (Å²) < 4.78 is 32.1. The number of benzene rings is 2. The Kier molecular flexibility index (Phi) is 7.28. The number of hydrogen-bond acceptors (Lipinski definition) is 4. The summed E-state index contributed by atoms with van der Waals surface area (Å²) in [4.78, 5) is 12.1. The highest BCUT2D eigenvalue weighted by molar-refractivity contribution is 7.89. The molecule has 6 nitrogen and oxygen atoms in total. The first-order valence-electron chi connectivity index (χ1n) is 7.73. The first kappa shape index (κ1) is 20.5. The smallest absolute Gasteiger partial charge is 0.260 e. The van der Waals surface area contributed by atoms with E-state index in [-0.39, 0.29) is 23.9 Å². The standard InChI is InChI=1S/C17H18Cl2N2O4S/c1-12(25-15-6-2-4-13(18)10-15)17(22)20-8-9-21-26(23,24)16-7-3-5-14(19)11-16/h2-7,10-12,21H,8-9H2,1H3,(H,20,22). The summed E-state index contributed by atoms with van der Waals surface area (Å²) in [6.45, 7) is 1.73. The van der Waals surface area contributed by atoms with E-state index >= 15 is 0 Å². The number of carbonyl (C=O) groups excluding carboxylic acids is 1. The number of carbonyl (C=O) groups is 1. The van der Waals surface area contributed by atoms with Crippen LogP contribution in [0.3, 0.4) is 0 Å². The van der Waals surface area contributed by atoms with Gasteiger partial charge in [-0.15, -0.1) is 0 Å². The third-order valence-electron chi connectivity index (χ3n) is 3.30. The summed E-state index contributed by atoms with van der Waals surface area (Å²) in [5.41, 5.74) is 0. The van der Waals surface area contributed by atoms with Crippen molar-refractivity contribution in [1.82, 2.24) is 10.0 Å². The molecule has 2 rings (SSSR count). The summed E-state index contributed by atoms with van der Waals surface area (Å²) in [7, 11) is -3.69. The van der Waals surface area contributed by atoms with Crippen LogP contribution in [0.15, 0.2) is 53.4 Å². The fourth-order valence-corrected chi connectivity index (χ4v) is 3.54. The molecule has 1 atom stereocenters. The molecule has 26 heavy (non-hydrogen) atoms. The van der Waals surface area contributed by atoms with Gasteiger partial charge in [-0.05, 0) is 43.3 Å². The molecule has 0 aliphatic carbocycles. The van der Waals surface area contributed by atoms with Gasteiger partial charge >= 0.3 is 0 Å². The number of ether oxygens (including phenoxy) is 1. The van der Waals surface area contributed by atoms with Crippen molar-refractivity contribution in [1.29, 1.82) is 0 Å². The Balaban J connectivity index is 1.79. The van der Waals surface area contributed by atoms with Crippen molar-refractivity contribution in [2.24, 2.45) is 0 Å². The normalized spacial score (nSPS) is 12.4. The molecule has 0 saturated heterocycles. The zero-order valence-electron chi connectivity index (χ0n) is 13.9. The molecule has 0 saturated carbocycles. The third-order valence-corrected chi connectivity index (χ3v) is 5.23. The second-order valence-corrected chi connectivity index (χ2v) is 8.00. The SMILES string of the molecule is CC(Oc1cccc(Cl)c1)C(=O)NCCNS(=O)(=O)c1cccc(Cl)c1. The second kappa shape index (κ2) is 9.23. The van der Waals surface area contributed by atoms with Crippen molar-refractivity contribution in [3.63, 3.8) is 0 Å². The van der Waals surface area contributed by atoms with E-state index in [1.165, 1.54) is 12.1 Å². The van der Waals surface area contributed by atoms with Crippen LogP contribution in [0.25, 0.3) is 0 Å². The monoisotopic (exact) mass is 416 g/mol. The lowest BCUT2D eigenvalue weighted by Gasteiger charge is -2.15. The van der Waals surface area contributed by atoms with Gasteiger partial charge in [0.15, 0.2) is 6.10 Å². The van der Waals surface area contributed by atoms with Gasteiger partial charge in [0.1, 0.15) is 5.75 Å². The second-order valence-electron chi connectivity index (χ2n) is 5.36. The molecule has 0 aliphatic rings. The maximum atomic E-state index is 12.1. The van der Waals surface area contributed by atoms with Gasteiger partial charge < -0.3 is 10.1 Å². The molecule has 1 amide bonds. The summed E-state index contributed by atoms with van der Waals surface area (Å²) in [5.74, 6) is 0.105. The lowest BCUT2D eigenvalue weighted by Crippen LogP contribution is -2.40. The number of hydrogen-bond donors (Lipinski definition) is 2. The summed E-state index contributed by atoms with van der Waals surface area (Å²) in [5, 5.41) is 3.43. The van der Waals surface area contributed by atoms with E-state index in [1.54, 1.807) is 43.3 Å². The minimum atomic E-state index is -3.69. The molecule has 0 spiro atoms. The fraction of sp³-hybridized carbons (Fsp3) is 0.235. The molecule has 9 heteroatoms. The molecule has 0 heterocycles. The fourth-order valence-electron chi connectivity index (χ4n) is 2.03. The van der Waals surface area contributed by atoms with E-state index in [2.05, 4.69) is 10.0 Å². The molecule has 2 aromatic rings. The van der Waals surface area contributed by atoms with Crippen molar-refractivity contribution in [2.75, 3.05) is 13.1 Å². The highest BCUT2D eigenvalue weighted by Crippen LogP contribution is 2.18. The topological polar surface area (TPSA) is 84.5 Å². The predicted molar refractivity (Wildman–Crippen MR) is 101 cm³/mol. The van der Waals surface area contributed by atoms with E-state index in [0.717, 1.165) is 0 Å². The molecule has 2 N–H and O–H groups in total. The minimum absolute atomic E-state index is 0.0322. The number of sulfonamides is 1. The van der Waals surface area contributed by atoms with Crippen LogP contribution in [-0.4, -0.2) is 33.5 Å². The molecular formula is C17H18Cl2N2O4S. The zero-order chi connectivity index (χ0) is 19.2. The Hall–Kier alpha value is -1.80. The van der Waals surface area contributed by atoms with Gasteiger partial charge in [0.2, 0.25) is 10.0 Å². The van der Waals surface area contributed by atoms with Gasteiger partial charge in [0.25, 0.3) is 5.91 Å². The van der Waals surface area contributed by atoms with Crippen LogP contribution in [0.2, 0.25) is 10.0 Å². The Morgan fingerprint density at radius 1 is 1.08 bits per heavy atom. The summed E-state index contributed by atoms with van der Waals surface area (Å²) >= 11 is 11.7. The molecule has 140 valence electrons. The third kappa shape index (κ3) is 6.17. The lowest BCUT2D eigenvalue weighted by molar-refractivity contribution is -0.127. The van der Waals surface area contributed by atoms with Gasteiger partial charge in [0, 0.05) is 23.1 Å². The molecule has 1 unspecified atom stereocenters. The van der Waals surface area contributed by atoms with Crippen LogP contribution in [0, 0.1) is 0 Å². The minimum Gasteiger partial charge on any atom is -0.481 e. The van der Waals surface area contributed by atoms with Crippen LogP contribution < -0.4 is 14.8 Å². The van der Waals surface area contributed by atoms with E-state index in [1.807, 2.05) is 0 Å². The quantitative estimate of drug-likeness (QED) is 0.647. The van der Waals surface area contributed by atoms with Crippen LogP contribution in [-0.2, 0) is 14.8 Å². The van der Waals surface area contributed by atoms with Crippen LogP contribution in [0.1, 0.15) is 6.92 Å². The number of halogens is 2. The van der Waals surface area contributed by atoms with Gasteiger partial charge in [-0.25, -0.2) is 13.1 Å². The van der Waals surface area contributed by atoms with Gasteiger partial charge in [-0.1, -0.05) is 35.3 Å². The van der Waals surface area contributed by atoms with Gasteiger partial charge in [-0.2, -0.15) is 0 Å². The highest BCUT2D eigenvalue weighted by Gasteiger charge is 2.16. The highest BCUT2D eigenvalue weighted by atomic mass is 35.5. The molecule has 0 aromatic heterocycles. The number of amides is 1. The number of rotatable bonds is 8. The van der Waals surface area contributed by atoms with E-state index < -0.39 is 16.1 Å². The molecule has 2 aromatic carbocycles. The van der Waals surface area contributed by atoms with E-state index in [0.29, 0.717) is 15.8 Å². The molecule has 0 aliphatic heterocycles. The van der Waals surface area contributed by atoms with Crippen molar-refractivity contribution in [3.8, 4) is 5.75 Å². The first-order valence-corrected chi connectivity index (χ1v) is 9.97.